The summed E-state index contributed by atoms with van der Waals surface area (Å²) in [7, 11) is 1.62. The number of aryl methyl sites for hydroxylation is 2. The minimum atomic E-state index is -0.414. The molecule has 2 heterocycles. The van der Waals surface area contributed by atoms with Gasteiger partial charge in [-0.1, -0.05) is 6.07 Å². The topological polar surface area (TPSA) is 84.5 Å². The molecule has 0 aliphatic carbocycles. The molecule has 1 aromatic carbocycles. The SMILES string of the molecule is Cn1c(=O)n(N2C(=O)CCCC2=O)c2ccc(CCCO)cc21. The Kier molecular flexibility index (Phi) is 4.04. The molecule has 23 heavy (non-hydrogen) atoms. The van der Waals surface area contributed by atoms with Crippen LogP contribution < -0.4 is 10.7 Å². The number of piperidine rings is 1. The number of carbonyl (C=O) groups excluding carboxylic acids is 2. The first kappa shape index (κ1) is 15.5. The number of imidazole rings is 1. The summed E-state index contributed by atoms with van der Waals surface area (Å²) < 4.78 is 2.61. The highest BCUT2D eigenvalue weighted by Gasteiger charge is 2.30. The fraction of sp³-hybridized carbons (Fsp3) is 0.438. The van der Waals surface area contributed by atoms with E-state index < -0.39 is 5.69 Å². The Labute approximate surface area is 132 Å². The van der Waals surface area contributed by atoms with Crippen molar-refractivity contribution in [2.45, 2.75) is 32.1 Å². The van der Waals surface area contributed by atoms with Gasteiger partial charge in [0.2, 0.25) is 11.8 Å². The highest BCUT2D eigenvalue weighted by atomic mass is 16.3. The maximum Gasteiger partial charge on any atom is 0.348 e. The Morgan fingerprint density at radius 2 is 1.78 bits per heavy atom. The van der Waals surface area contributed by atoms with E-state index in [2.05, 4.69) is 0 Å². The van der Waals surface area contributed by atoms with E-state index in [-0.39, 0.29) is 31.3 Å². The maximum absolute atomic E-state index is 12.5. The van der Waals surface area contributed by atoms with E-state index in [1.165, 1.54) is 9.24 Å². The zero-order valence-electron chi connectivity index (χ0n) is 13.0. The summed E-state index contributed by atoms with van der Waals surface area (Å²) >= 11 is 0. The van der Waals surface area contributed by atoms with Gasteiger partial charge in [-0.05, 0) is 37.0 Å². The molecule has 0 spiro atoms. The average molecular weight is 317 g/mol. The fourth-order valence-electron chi connectivity index (χ4n) is 2.96. The molecule has 0 radical (unpaired) electrons. The molecule has 2 aromatic rings. The highest BCUT2D eigenvalue weighted by Crippen LogP contribution is 2.19. The van der Waals surface area contributed by atoms with Crippen molar-refractivity contribution in [1.29, 1.82) is 0 Å². The second kappa shape index (κ2) is 6.00. The Balaban J connectivity index is 2.14. The first-order valence-corrected chi connectivity index (χ1v) is 7.72. The number of benzene rings is 1. The van der Waals surface area contributed by atoms with E-state index >= 15 is 0 Å². The number of rotatable bonds is 4. The molecule has 0 bridgehead atoms. The Morgan fingerprint density at radius 1 is 1.09 bits per heavy atom. The van der Waals surface area contributed by atoms with E-state index in [9.17, 15) is 14.4 Å². The largest absolute Gasteiger partial charge is 0.396 e. The third-order valence-corrected chi connectivity index (χ3v) is 4.17. The highest BCUT2D eigenvalue weighted by molar-refractivity contribution is 6.10. The fourth-order valence-corrected chi connectivity index (χ4v) is 2.96. The number of aromatic nitrogens is 2. The van der Waals surface area contributed by atoms with Gasteiger partial charge < -0.3 is 5.11 Å². The molecule has 1 aliphatic rings. The second-order valence-electron chi connectivity index (χ2n) is 5.76. The van der Waals surface area contributed by atoms with Gasteiger partial charge in [-0.25, -0.2) is 4.79 Å². The summed E-state index contributed by atoms with van der Waals surface area (Å²) in [5, 5.41) is 9.90. The summed E-state index contributed by atoms with van der Waals surface area (Å²) in [6.45, 7) is 0.106. The first-order valence-electron chi connectivity index (χ1n) is 7.72. The van der Waals surface area contributed by atoms with Crippen molar-refractivity contribution in [3.05, 3.63) is 34.2 Å². The van der Waals surface area contributed by atoms with Crippen LogP contribution in [0.4, 0.5) is 0 Å². The number of aliphatic hydroxyl groups excluding tert-OH is 1. The lowest BCUT2D eigenvalue weighted by molar-refractivity contribution is -0.131. The van der Waals surface area contributed by atoms with Crippen molar-refractivity contribution in [2.24, 2.45) is 7.05 Å². The number of aliphatic hydroxyl groups is 1. The van der Waals surface area contributed by atoms with Crippen LogP contribution in [0.5, 0.6) is 0 Å². The minimum Gasteiger partial charge on any atom is -0.396 e. The molecule has 7 nitrogen and oxygen atoms in total. The van der Waals surface area contributed by atoms with Crippen LogP contribution in [0.3, 0.4) is 0 Å². The standard InChI is InChI=1S/C16H19N3O4/c1-17-13-10-11(4-3-9-20)7-8-12(13)18(16(17)23)19-14(21)5-2-6-15(19)22/h7-8,10,20H,2-6,9H2,1H3. The Bertz CT molecular complexity index is 818. The minimum absolute atomic E-state index is 0.106. The lowest BCUT2D eigenvalue weighted by Gasteiger charge is -2.25. The lowest BCUT2D eigenvalue weighted by Crippen LogP contribution is -2.52. The molecule has 7 heteroatoms. The average Bonchev–Trinajstić information content (AvgIpc) is 2.78. The van der Waals surface area contributed by atoms with Crippen LogP contribution >= 0.6 is 0 Å². The molecular formula is C16H19N3O4. The molecule has 0 atom stereocenters. The number of hydrogen-bond acceptors (Lipinski definition) is 4. The molecule has 0 unspecified atom stereocenters. The third kappa shape index (κ3) is 2.57. The van der Waals surface area contributed by atoms with Crippen molar-refractivity contribution in [2.75, 3.05) is 11.6 Å². The van der Waals surface area contributed by atoms with Crippen LogP contribution in [0.1, 0.15) is 31.2 Å². The molecular weight excluding hydrogens is 298 g/mol. The van der Waals surface area contributed by atoms with Crippen molar-refractivity contribution in [3.8, 4) is 0 Å². The van der Waals surface area contributed by atoms with E-state index in [4.69, 9.17) is 5.11 Å². The van der Waals surface area contributed by atoms with Crippen molar-refractivity contribution in [3.63, 3.8) is 0 Å². The molecule has 3 rings (SSSR count). The van der Waals surface area contributed by atoms with Gasteiger partial charge in [-0.3, -0.25) is 14.2 Å². The number of amides is 2. The molecule has 1 aliphatic heterocycles. The zero-order chi connectivity index (χ0) is 16.6. The smallest absolute Gasteiger partial charge is 0.348 e. The molecule has 1 N–H and O–H groups in total. The maximum atomic E-state index is 12.5. The molecule has 1 aromatic heterocycles. The third-order valence-electron chi connectivity index (χ3n) is 4.17. The van der Waals surface area contributed by atoms with Gasteiger partial charge in [0.1, 0.15) is 0 Å². The summed E-state index contributed by atoms with van der Waals surface area (Å²) in [5.74, 6) is -0.694. The van der Waals surface area contributed by atoms with Crippen LogP contribution in [0.25, 0.3) is 11.0 Å². The van der Waals surface area contributed by atoms with Gasteiger partial charge in [-0.2, -0.15) is 9.69 Å². The zero-order valence-corrected chi connectivity index (χ0v) is 13.0. The van der Waals surface area contributed by atoms with Crippen LogP contribution in [-0.2, 0) is 23.1 Å². The Morgan fingerprint density at radius 3 is 2.43 bits per heavy atom. The van der Waals surface area contributed by atoms with Crippen molar-refractivity contribution < 1.29 is 14.7 Å². The summed E-state index contributed by atoms with van der Waals surface area (Å²) in [6, 6.07) is 5.47. The van der Waals surface area contributed by atoms with Gasteiger partial charge in [-0.15, -0.1) is 0 Å². The molecule has 1 fully saturated rings. The molecule has 122 valence electrons. The number of imide groups is 1. The first-order chi connectivity index (χ1) is 11.0. The Hall–Kier alpha value is -2.41. The van der Waals surface area contributed by atoms with Crippen LogP contribution in [0.2, 0.25) is 0 Å². The molecule has 2 amide bonds. The van der Waals surface area contributed by atoms with Crippen LogP contribution in [0, 0.1) is 0 Å². The van der Waals surface area contributed by atoms with Crippen molar-refractivity contribution in [1.82, 2.24) is 9.24 Å². The van der Waals surface area contributed by atoms with Crippen LogP contribution in [0.15, 0.2) is 23.0 Å². The number of fused-ring (bicyclic) bond motifs is 1. The van der Waals surface area contributed by atoms with E-state index in [1.807, 2.05) is 12.1 Å². The van der Waals surface area contributed by atoms with Gasteiger partial charge in [0.25, 0.3) is 0 Å². The summed E-state index contributed by atoms with van der Waals surface area (Å²) in [4.78, 5) is 36.8. The van der Waals surface area contributed by atoms with Crippen LogP contribution in [-0.4, -0.2) is 32.8 Å². The molecule has 1 saturated heterocycles. The van der Waals surface area contributed by atoms with E-state index in [0.29, 0.717) is 30.3 Å². The predicted octanol–water partition coefficient (Wildman–Crippen LogP) is 0.440. The monoisotopic (exact) mass is 317 g/mol. The van der Waals surface area contributed by atoms with Gasteiger partial charge in [0.15, 0.2) is 0 Å². The second-order valence-corrected chi connectivity index (χ2v) is 5.76. The van der Waals surface area contributed by atoms with Gasteiger partial charge >= 0.3 is 5.69 Å². The predicted molar refractivity (Wildman–Crippen MR) is 84.7 cm³/mol. The van der Waals surface area contributed by atoms with E-state index in [0.717, 1.165) is 10.6 Å². The van der Waals surface area contributed by atoms with Gasteiger partial charge in [0, 0.05) is 26.5 Å². The molecule has 0 saturated carbocycles. The lowest BCUT2D eigenvalue weighted by atomic mass is 10.1. The summed E-state index contributed by atoms with van der Waals surface area (Å²) in [5.41, 5.74) is 1.78. The summed E-state index contributed by atoms with van der Waals surface area (Å²) in [6.07, 6.45) is 2.40. The van der Waals surface area contributed by atoms with Crippen molar-refractivity contribution >= 4 is 22.8 Å². The quantitative estimate of drug-likeness (QED) is 0.829. The number of hydrogen-bond donors (Lipinski definition) is 1. The van der Waals surface area contributed by atoms with E-state index in [1.54, 1.807) is 13.1 Å². The number of nitrogens with zero attached hydrogens (tertiary/aromatic N) is 3. The normalized spacial score (nSPS) is 15.7. The van der Waals surface area contributed by atoms with Gasteiger partial charge in [0.05, 0.1) is 11.0 Å². The number of carbonyl (C=O) groups is 2.